The molecule has 1 heterocycles. The summed E-state index contributed by atoms with van der Waals surface area (Å²) in [4.78, 5) is 24.5. The quantitative estimate of drug-likeness (QED) is 0.544. The lowest BCUT2D eigenvalue weighted by atomic mass is 10.2. The van der Waals surface area contributed by atoms with E-state index in [4.69, 9.17) is 16.3 Å². The van der Waals surface area contributed by atoms with Crippen LogP contribution in [0.1, 0.15) is 34.2 Å². The van der Waals surface area contributed by atoms with Gasteiger partial charge in [0.15, 0.2) is 0 Å². The number of nitrogens with one attached hydrogen (secondary N) is 2. The van der Waals surface area contributed by atoms with Gasteiger partial charge in [0.2, 0.25) is 0 Å². The molecule has 2 aromatic carbocycles. The number of anilines is 2. The largest absolute Gasteiger partial charge is 0.462 e. The number of rotatable bonds is 5. The molecule has 0 aliphatic carbocycles. The second kappa shape index (κ2) is 9.00. The number of urea groups is 1. The minimum Gasteiger partial charge on any atom is -0.462 e. The van der Waals surface area contributed by atoms with E-state index in [2.05, 4.69) is 15.7 Å². The fraction of sp³-hybridized carbons (Fsp3) is 0.227. The highest BCUT2D eigenvalue weighted by molar-refractivity contribution is 6.31. The van der Waals surface area contributed by atoms with Crippen LogP contribution < -0.4 is 10.6 Å². The Bertz CT molecular complexity index is 1090. The Kier molecular flexibility index (Phi) is 6.42. The number of aromatic nitrogens is 2. The van der Waals surface area contributed by atoms with Crippen LogP contribution in [0.2, 0.25) is 5.02 Å². The van der Waals surface area contributed by atoms with Crippen LogP contribution >= 0.6 is 11.6 Å². The normalized spacial score (nSPS) is 10.6. The van der Waals surface area contributed by atoms with E-state index in [1.165, 1.54) is 0 Å². The number of hydrogen-bond acceptors (Lipinski definition) is 4. The van der Waals surface area contributed by atoms with Crippen molar-refractivity contribution in [1.82, 2.24) is 9.78 Å². The average molecular weight is 427 g/mol. The molecule has 3 rings (SSSR count). The van der Waals surface area contributed by atoms with Gasteiger partial charge in [-0.3, -0.25) is 0 Å². The van der Waals surface area contributed by atoms with Crippen molar-refractivity contribution in [1.29, 1.82) is 0 Å². The molecule has 0 unspecified atom stereocenters. The van der Waals surface area contributed by atoms with Crippen LogP contribution in [0.4, 0.5) is 16.2 Å². The third-order valence-corrected chi connectivity index (χ3v) is 5.07. The Labute approximate surface area is 180 Å². The third kappa shape index (κ3) is 4.46. The van der Waals surface area contributed by atoms with E-state index in [0.29, 0.717) is 40.0 Å². The highest BCUT2D eigenvalue weighted by Crippen LogP contribution is 2.24. The molecule has 156 valence electrons. The van der Waals surface area contributed by atoms with Crippen LogP contribution in [0.25, 0.3) is 5.69 Å². The molecular weight excluding hydrogens is 404 g/mol. The summed E-state index contributed by atoms with van der Waals surface area (Å²) in [5, 5.41) is 10.6. The molecule has 0 saturated heterocycles. The predicted molar refractivity (Wildman–Crippen MR) is 118 cm³/mol. The molecule has 0 spiro atoms. The second-order valence-electron chi connectivity index (χ2n) is 6.72. The zero-order valence-corrected chi connectivity index (χ0v) is 18.0. The van der Waals surface area contributed by atoms with Gasteiger partial charge in [0.05, 0.1) is 23.7 Å². The summed E-state index contributed by atoms with van der Waals surface area (Å²) in [5.41, 5.74) is 4.59. The van der Waals surface area contributed by atoms with Crippen LogP contribution in [-0.2, 0) is 4.74 Å². The summed E-state index contributed by atoms with van der Waals surface area (Å²) in [6.07, 6.45) is 0. The van der Waals surface area contributed by atoms with Gasteiger partial charge in [-0.25, -0.2) is 14.3 Å². The van der Waals surface area contributed by atoms with Crippen LogP contribution in [0.3, 0.4) is 0 Å². The van der Waals surface area contributed by atoms with Crippen molar-refractivity contribution in [2.45, 2.75) is 27.7 Å². The Hall–Kier alpha value is -3.32. The number of hydrogen-bond donors (Lipinski definition) is 2. The molecule has 2 N–H and O–H groups in total. The van der Waals surface area contributed by atoms with Crippen molar-refractivity contribution in [3.63, 3.8) is 0 Å². The van der Waals surface area contributed by atoms with Gasteiger partial charge in [-0.15, -0.1) is 0 Å². The number of esters is 1. The number of carbonyl (C=O) groups is 2. The number of nitrogens with zero attached hydrogens (tertiary/aromatic N) is 2. The Morgan fingerprint density at radius 2 is 1.77 bits per heavy atom. The zero-order valence-electron chi connectivity index (χ0n) is 17.2. The number of ether oxygens (including phenoxy) is 1. The minimum absolute atomic E-state index is 0.306. The molecule has 0 fully saturated rings. The first-order valence-electron chi connectivity index (χ1n) is 9.48. The fourth-order valence-corrected chi connectivity index (χ4v) is 3.28. The number of amides is 2. The lowest BCUT2D eigenvalue weighted by molar-refractivity contribution is 0.0524. The summed E-state index contributed by atoms with van der Waals surface area (Å²) >= 11 is 6.09. The van der Waals surface area contributed by atoms with E-state index < -0.39 is 0 Å². The molecule has 0 aliphatic heterocycles. The van der Waals surface area contributed by atoms with Gasteiger partial charge in [0.25, 0.3) is 0 Å². The van der Waals surface area contributed by atoms with E-state index in [0.717, 1.165) is 11.3 Å². The van der Waals surface area contributed by atoms with E-state index in [1.54, 1.807) is 48.9 Å². The average Bonchev–Trinajstić information content (AvgIpc) is 3.00. The number of halogens is 1. The number of benzene rings is 2. The molecule has 8 heteroatoms. The monoisotopic (exact) mass is 426 g/mol. The molecular formula is C22H23ClN4O3. The first-order valence-corrected chi connectivity index (χ1v) is 9.86. The predicted octanol–water partition coefficient (Wildman–Crippen LogP) is 5.27. The summed E-state index contributed by atoms with van der Waals surface area (Å²) in [7, 11) is 0. The summed E-state index contributed by atoms with van der Waals surface area (Å²) in [6.45, 7) is 7.50. The first kappa shape index (κ1) is 21.4. The summed E-state index contributed by atoms with van der Waals surface area (Å²) in [5.74, 6) is -0.384. The fourth-order valence-electron chi connectivity index (χ4n) is 3.11. The first-order chi connectivity index (χ1) is 14.3. The SMILES string of the molecule is CCOC(=O)c1c(C)nn(-c2ccc(NC(=O)Nc3cccc(Cl)c3C)cc2)c1C. The molecule has 30 heavy (non-hydrogen) atoms. The Morgan fingerprint density at radius 3 is 2.43 bits per heavy atom. The molecule has 0 aliphatic rings. The van der Waals surface area contributed by atoms with Gasteiger partial charge in [-0.05, 0) is 69.7 Å². The maximum Gasteiger partial charge on any atom is 0.341 e. The van der Waals surface area contributed by atoms with Gasteiger partial charge in [0, 0.05) is 16.4 Å². The van der Waals surface area contributed by atoms with E-state index >= 15 is 0 Å². The van der Waals surface area contributed by atoms with Gasteiger partial charge in [-0.2, -0.15) is 5.10 Å². The van der Waals surface area contributed by atoms with Crippen LogP contribution in [-0.4, -0.2) is 28.4 Å². The van der Waals surface area contributed by atoms with Gasteiger partial charge in [-0.1, -0.05) is 17.7 Å². The van der Waals surface area contributed by atoms with Crippen LogP contribution in [0, 0.1) is 20.8 Å². The maximum absolute atomic E-state index is 12.3. The molecule has 0 radical (unpaired) electrons. The van der Waals surface area contributed by atoms with Crippen molar-refractivity contribution >= 4 is 35.0 Å². The van der Waals surface area contributed by atoms with E-state index in [-0.39, 0.29) is 12.0 Å². The highest BCUT2D eigenvalue weighted by Gasteiger charge is 2.20. The molecule has 2 amide bonds. The van der Waals surface area contributed by atoms with E-state index in [9.17, 15) is 9.59 Å². The van der Waals surface area contributed by atoms with Crippen molar-refractivity contribution in [2.24, 2.45) is 0 Å². The summed E-state index contributed by atoms with van der Waals surface area (Å²) < 4.78 is 6.79. The molecule has 0 saturated carbocycles. The van der Waals surface area contributed by atoms with Crippen LogP contribution in [0.5, 0.6) is 0 Å². The molecule has 1 aromatic heterocycles. The summed E-state index contributed by atoms with van der Waals surface area (Å²) in [6, 6.07) is 12.1. The van der Waals surface area contributed by atoms with Crippen molar-refractivity contribution in [2.75, 3.05) is 17.2 Å². The maximum atomic E-state index is 12.3. The molecule has 0 bridgehead atoms. The molecule has 7 nitrogen and oxygen atoms in total. The number of carbonyl (C=O) groups excluding carboxylic acids is 2. The standard InChI is InChI=1S/C22H23ClN4O3/c1-5-30-21(28)20-14(3)26-27(15(20)4)17-11-9-16(10-12-17)24-22(29)25-19-8-6-7-18(23)13(19)2/h6-12H,5H2,1-4H3,(H2,24,25,29). The van der Waals surface area contributed by atoms with Crippen LogP contribution in [0.15, 0.2) is 42.5 Å². The third-order valence-electron chi connectivity index (χ3n) is 4.66. The smallest absolute Gasteiger partial charge is 0.341 e. The zero-order chi connectivity index (χ0) is 21.8. The van der Waals surface area contributed by atoms with Crippen molar-refractivity contribution in [3.8, 4) is 5.69 Å². The number of aryl methyl sites for hydroxylation is 1. The molecule has 3 aromatic rings. The van der Waals surface area contributed by atoms with Gasteiger partial charge >= 0.3 is 12.0 Å². The van der Waals surface area contributed by atoms with Crippen molar-refractivity contribution < 1.29 is 14.3 Å². The van der Waals surface area contributed by atoms with Crippen molar-refractivity contribution in [3.05, 3.63) is 70.0 Å². The Morgan fingerprint density at radius 1 is 1.07 bits per heavy atom. The van der Waals surface area contributed by atoms with E-state index in [1.807, 2.05) is 26.0 Å². The lowest BCUT2D eigenvalue weighted by Crippen LogP contribution is -2.20. The van der Waals surface area contributed by atoms with Gasteiger partial charge < -0.3 is 15.4 Å². The van der Waals surface area contributed by atoms with Gasteiger partial charge in [0.1, 0.15) is 5.56 Å². The second-order valence-corrected chi connectivity index (χ2v) is 7.12. The minimum atomic E-state index is -0.384. The Balaban J connectivity index is 1.74. The topological polar surface area (TPSA) is 85.2 Å². The molecule has 0 atom stereocenters. The highest BCUT2D eigenvalue weighted by atomic mass is 35.5. The lowest BCUT2D eigenvalue weighted by Gasteiger charge is -2.11.